The number of piperidine rings is 1. The van der Waals surface area contributed by atoms with Gasteiger partial charge in [-0.05, 0) is 23.6 Å². The predicted molar refractivity (Wildman–Crippen MR) is 81.3 cm³/mol. The lowest BCUT2D eigenvalue weighted by atomic mass is 10.0. The Morgan fingerprint density at radius 3 is 2.86 bits per heavy atom. The van der Waals surface area contributed by atoms with E-state index in [4.69, 9.17) is 3.07 Å². The number of benzene rings is 1. The second-order valence-corrected chi connectivity index (χ2v) is 5.77. The fourth-order valence-electron chi connectivity index (χ4n) is 2.75. The van der Waals surface area contributed by atoms with Crippen LogP contribution in [0.4, 0.5) is 0 Å². The van der Waals surface area contributed by atoms with Crippen molar-refractivity contribution in [2.24, 2.45) is 0 Å². The van der Waals surface area contributed by atoms with Crippen molar-refractivity contribution in [2.75, 3.05) is 0 Å². The molecule has 21 heavy (non-hydrogen) atoms. The molecule has 2 aliphatic heterocycles. The second kappa shape index (κ2) is 5.72. The summed E-state index contributed by atoms with van der Waals surface area (Å²) in [4.78, 5) is 37.2. The van der Waals surface area contributed by atoms with E-state index in [1.54, 1.807) is 4.90 Å². The van der Waals surface area contributed by atoms with Crippen LogP contribution in [0.1, 0.15) is 34.3 Å². The molecule has 2 heterocycles. The Kier molecular flexibility index (Phi) is 3.94. The predicted octanol–water partition coefficient (Wildman–Crippen LogP) is 1.31. The molecule has 0 aromatic heterocycles. The molecule has 1 fully saturated rings. The zero-order valence-electron chi connectivity index (χ0n) is 11.1. The van der Waals surface area contributed by atoms with Crippen molar-refractivity contribution < 1.29 is 17.4 Å². The molecule has 6 nitrogen and oxygen atoms in total. The smallest absolute Gasteiger partial charge is 0.255 e. The highest BCUT2D eigenvalue weighted by atomic mass is 127. The van der Waals surface area contributed by atoms with E-state index in [9.17, 15) is 14.4 Å². The summed E-state index contributed by atoms with van der Waals surface area (Å²) < 4.78 is 5.04. The van der Waals surface area contributed by atoms with Crippen LogP contribution >= 0.6 is 23.0 Å². The van der Waals surface area contributed by atoms with E-state index in [2.05, 4.69) is 5.32 Å². The maximum atomic E-state index is 12.5. The Bertz CT molecular complexity index is 631. The summed E-state index contributed by atoms with van der Waals surface area (Å²) in [5.74, 6) is -0.820. The molecule has 0 aliphatic carbocycles. The largest absolute Gasteiger partial charge is 0.322 e. The summed E-state index contributed by atoms with van der Waals surface area (Å²) >= 11 is 1.81. The zero-order valence-corrected chi connectivity index (χ0v) is 13.3. The molecule has 3 rings (SSSR count). The second-order valence-electron chi connectivity index (χ2n) is 5.14. The maximum absolute atomic E-state index is 12.5. The van der Waals surface area contributed by atoms with Crippen molar-refractivity contribution in [2.45, 2.75) is 32.0 Å². The van der Waals surface area contributed by atoms with Crippen molar-refractivity contribution in [3.63, 3.8) is 0 Å². The molecule has 1 saturated heterocycles. The number of hydrogen-bond donors (Lipinski definition) is 1. The van der Waals surface area contributed by atoms with Gasteiger partial charge in [-0.3, -0.25) is 19.7 Å². The van der Waals surface area contributed by atoms with Crippen molar-refractivity contribution in [3.05, 3.63) is 34.9 Å². The zero-order chi connectivity index (χ0) is 15.0. The van der Waals surface area contributed by atoms with Crippen molar-refractivity contribution in [3.8, 4) is 0 Å². The minimum absolute atomic E-state index is 0.158. The molecule has 0 bridgehead atoms. The van der Waals surface area contributed by atoms with Gasteiger partial charge in [0.2, 0.25) is 11.8 Å². The number of carbonyl (C=O) groups is 3. The third-order valence-electron chi connectivity index (χ3n) is 3.81. The first-order valence-electron chi connectivity index (χ1n) is 6.60. The molecule has 1 aromatic rings. The fourth-order valence-corrected chi connectivity index (χ4v) is 3.11. The first kappa shape index (κ1) is 14.5. The summed E-state index contributed by atoms with van der Waals surface area (Å²) in [7, 11) is 0. The minimum Gasteiger partial charge on any atom is -0.322 e. The number of amides is 3. The van der Waals surface area contributed by atoms with Gasteiger partial charge in [0, 0.05) is 18.5 Å². The highest BCUT2D eigenvalue weighted by Crippen LogP contribution is 2.28. The molecule has 3 amide bonds. The van der Waals surface area contributed by atoms with E-state index >= 15 is 0 Å². The van der Waals surface area contributed by atoms with Crippen LogP contribution in [0, 0.1) is 0 Å². The number of halogens is 1. The molecule has 110 valence electrons. The molecule has 0 saturated carbocycles. The van der Waals surface area contributed by atoms with Gasteiger partial charge >= 0.3 is 0 Å². The van der Waals surface area contributed by atoms with Crippen LogP contribution < -0.4 is 5.32 Å². The number of carbonyl (C=O) groups excluding carboxylic acids is 3. The Morgan fingerprint density at radius 1 is 1.33 bits per heavy atom. The number of nitrogens with zero attached hydrogens (tertiary/aromatic N) is 1. The van der Waals surface area contributed by atoms with Crippen molar-refractivity contribution in [1.29, 1.82) is 0 Å². The van der Waals surface area contributed by atoms with Crippen LogP contribution in [0.25, 0.3) is 0 Å². The number of fused-ring (bicyclic) bond motifs is 1. The van der Waals surface area contributed by atoms with Crippen LogP contribution in [0.3, 0.4) is 0 Å². The van der Waals surface area contributed by atoms with Gasteiger partial charge < -0.3 is 7.97 Å². The summed E-state index contributed by atoms with van der Waals surface area (Å²) in [6, 6.07) is 5.05. The van der Waals surface area contributed by atoms with E-state index in [0.29, 0.717) is 25.1 Å². The number of imide groups is 1. The lowest BCUT2D eigenvalue weighted by molar-refractivity contribution is -0.136. The van der Waals surface area contributed by atoms with Crippen LogP contribution in [0.2, 0.25) is 0 Å². The molecule has 0 spiro atoms. The standard InChI is InChI=1S/C14H13IN2O4/c15-21-7-8-1-2-9-6-17(14(20)10(9)5-8)11-3-4-12(18)16-13(11)19/h1-2,5,11H,3-4,6-7H2,(H,16,18,19). The van der Waals surface area contributed by atoms with E-state index in [1.165, 1.54) is 0 Å². The molecular formula is C14H13IN2O4. The fraction of sp³-hybridized carbons (Fsp3) is 0.357. The van der Waals surface area contributed by atoms with E-state index in [-0.39, 0.29) is 24.1 Å². The summed E-state index contributed by atoms with van der Waals surface area (Å²) in [5.41, 5.74) is 2.44. The molecule has 1 unspecified atom stereocenters. The summed E-state index contributed by atoms with van der Waals surface area (Å²) in [6.45, 7) is 0.839. The van der Waals surface area contributed by atoms with Gasteiger partial charge in [-0.2, -0.15) is 0 Å². The average Bonchev–Trinajstić information content (AvgIpc) is 2.77. The Balaban J connectivity index is 1.83. The molecule has 7 heteroatoms. The molecule has 1 atom stereocenters. The summed E-state index contributed by atoms with van der Waals surface area (Å²) in [6.07, 6.45) is 0.651. The van der Waals surface area contributed by atoms with Crippen LogP contribution in [0.15, 0.2) is 18.2 Å². The normalized spacial score (nSPS) is 21.5. The SMILES string of the molecule is O=C1CCC(N2Cc3ccc(COI)cc3C2=O)C(=O)N1. The first-order valence-corrected chi connectivity index (χ1v) is 7.48. The van der Waals surface area contributed by atoms with E-state index in [0.717, 1.165) is 11.1 Å². The topological polar surface area (TPSA) is 75.7 Å². The van der Waals surface area contributed by atoms with Gasteiger partial charge in [-0.1, -0.05) is 12.1 Å². The molecule has 2 aliphatic rings. The van der Waals surface area contributed by atoms with Gasteiger partial charge in [0.1, 0.15) is 29.0 Å². The lowest BCUT2D eigenvalue weighted by Gasteiger charge is -2.29. The van der Waals surface area contributed by atoms with Crippen molar-refractivity contribution in [1.82, 2.24) is 10.2 Å². The van der Waals surface area contributed by atoms with Gasteiger partial charge in [0.05, 0.1) is 6.61 Å². The van der Waals surface area contributed by atoms with Gasteiger partial charge in [-0.25, -0.2) is 0 Å². The van der Waals surface area contributed by atoms with Crippen LogP contribution in [0.5, 0.6) is 0 Å². The molecule has 1 N–H and O–H groups in total. The van der Waals surface area contributed by atoms with Gasteiger partial charge in [0.25, 0.3) is 5.91 Å². The quantitative estimate of drug-likeness (QED) is 0.614. The number of hydrogen-bond acceptors (Lipinski definition) is 4. The highest BCUT2D eigenvalue weighted by Gasteiger charge is 2.38. The summed E-state index contributed by atoms with van der Waals surface area (Å²) in [5, 5.41) is 2.29. The van der Waals surface area contributed by atoms with Crippen molar-refractivity contribution >= 4 is 40.7 Å². The monoisotopic (exact) mass is 400 g/mol. The van der Waals surface area contributed by atoms with E-state index in [1.807, 2.05) is 41.2 Å². The third-order valence-corrected chi connectivity index (χ3v) is 4.13. The van der Waals surface area contributed by atoms with Gasteiger partial charge in [-0.15, -0.1) is 0 Å². The Morgan fingerprint density at radius 2 is 2.14 bits per heavy atom. The van der Waals surface area contributed by atoms with Crippen LogP contribution in [-0.4, -0.2) is 28.7 Å². The average molecular weight is 400 g/mol. The Hall–Kier alpha value is -1.48. The minimum atomic E-state index is -0.563. The number of nitrogens with one attached hydrogen (secondary N) is 1. The molecule has 1 aromatic carbocycles. The first-order chi connectivity index (χ1) is 10.1. The maximum Gasteiger partial charge on any atom is 0.255 e. The third kappa shape index (κ3) is 2.67. The molecular weight excluding hydrogens is 387 g/mol. The highest BCUT2D eigenvalue weighted by molar-refractivity contribution is 14.1. The Labute approximate surface area is 135 Å². The van der Waals surface area contributed by atoms with Gasteiger partial charge in [0.15, 0.2) is 0 Å². The van der Waals surface area contributed by atoms with E-state index < -0.39 is 6.04 Å². The number of rotatable bonds is 3. The molecule has 0 radical (unpaired) electrons. The van der Waals surface area contributed by atoms with Crippen LogP contribution in [-0.2, 0) is 25.8 Å². The lowest BCUT2D eigenvalue weighted by Crippen LogP contribution is -2.52.